The molecule has 3 aromatic rings. The fourth-order valence-corrected chi connectivity index (χ4v) is 5.96. The van der Waals surface area contributed by atoms with Crippen LogP contribution in [0.5, 0.6) is 0 Å². The van der Waals surface area contributed by atoms with Gasteiger partial charge in [-0.3, -0.25) is 9.59 Å². The van der Waals surface area contributed by atoms with Gasteiger partial charge in [0.05, 0.1) is 18.1 Å². The highest BCUT2D eigenvalue weighted by Crippen LogP contribution is 2.34. The molecule has 0 radical (unpaired) electrons. The van der Waals surface area contributed by atoms with E-state index in [9.17, 15) is 18.0 Å². The summed E-state index contributed by atoms with van der Waals surface area (Å²) in [7, 11) is -3.85. The number of rotatable bonds is 8. The summed E-state index contributed by atoms with van der Waals surface area (Å²) in [5.41, 5.74) is 1.52. The van der Waals surface area contributed by atoms with Crippen molar-refractivity contribution < 1.29 is 28.2 Å². The van der Waals surface area contributed by atoms with E-state index in [0.29, 0.717) is 22.3 Å². The number of hydrogen-bond donors (Lipinski definition) is 2. The Morgan fingerprint density at radius 1 is 0.697 bits per heavy atom. The van der Waals surface area contributed by atoms with Crippen LogP contribution in [0.3, 0.4) is 0 Å². The van der Waals surface area contributed by atoms with Crippen LogP contribution in [0, 0.1) is 0 Å². The molecule has 0 heterocycles. The van der Waals surface area contributed by atoms with Gasteiger partial charge in [0.25, 0.3) is 0 Å². The van der Waals surface area contributed by atoms with E-state index in [1.807, 2.05) is 0 Å². The Morgan fingerprint density at radius 2 is 1.21 bits per heavy atom. The molecule has 0 aliphatic heterocycles. The van der Waals surface area contributed by atoms with Gasteiger partial charge in [0, 0.05) is 45.1 Å². The van der Waals surface area contributed by atoms with Crippen molar-refractivity contribution in [2.75, 3.05) is 26.3 Å². The summed E-state index contributed by atoms with van der Waals surface area (Å²) in [5, 5.41) is 18.2. The minimum absolute atomic E-state index is 0.0524. The van der Waals surface area contributed by atoms with Gasteiger partial charge < -0.3 is 10.2 Å². The van der Waals surface area contributed by atoms with Gasteiger partial charge in [-0.2, -0.15) is 4.31 Å². The monoisotopic (exact) mass is 483 g/mol. The van der Waals surface area contributed by atoms with Crippen LogP contribution in [-0.4, -0.2) is 60.8 Å². The minimum atomic E-state index is -3.85. The van der Waals surface area contributed by atoms with Crippen LogP contribution in [0.25, 0.3) is 0 Å². The first kappa shape index (κ1) is 23.3. The summed E-state index contributed by atoms with van der Waals surface area (Å²) >= 11 is 1.34. The normalized spacial score (nSPS) is 13.2. The van der Waals surface area contributed by atoms with Crippen LogP contribution in [0.15, 0.2) is 81.4 Å². The third-order valence-electron chi connectivity index (χ3n) is 5.29. The van der Waals surface area contributed by atoms with Crippen LogP contribution in [-0.2, 0) is 10.0 Å². The molecule has 33 heavy (non-hydrogen) atoms. The zero-order chi connectivity index (χ0) is 23.6. The molecule has 0 saturated heterocycles. The Hall–Kier alpha value is -2.82. The molecular formula is C24H21NO6S2. The number of nitrogens with zero attached hydrogens (tertiary/aromatic N) is 1. The van der Waals surface area contributed by atoms with Crippen molar-refractivity contribution in [1.82, 2.24) is 4.31 Å². The van der Waals surface area contributed by atoms with E-state index in [-0.39, 0.29) is 42.8 Å². The predicted molar refractivity (Wildman–Crippen MR) is 123 cm³/mol. The number of hydrogen-bond acceptors (Lipinski definition) is 7. The average molecular weight is 484 g/mol. The predicted octanol–water partition coefficient (Wildman–Crippen LogP) is 2.59. The molecule has 0 atom stereocenters. The highest BCUT2D eigenvalue weighted by molar-refractivity contribution is 7.99. The third kappa shape index (κ3) is 4.50. The van der Waals surface area contributed by atoms with E-state index in [1.54, 1.807) is 54.6 Å². The van der Waals surface area contributed by atoms with E-state index >= 15 is 0 Å². The Kier molecular flexibility index (Phi) is 6.78. The van der Waals surface area contributed by atoms with Crippen molar-refractivity contribution in [1.29, 1.82) is 0 Å². The van der Waals surface area contributed by atoms with E-state index in [4.69, 9.17) is 10.2 Å². The number of aliphatic hydroxyl groups is 2. The summed E-state index contributed by atoms with van der Waals surface area (Å²) in [6, 6.07) is 18.1. The molecule has 1 aliphatic carbocycles. The maximum atomic E-state index is 12.9. The first-order valence-electron chi connectivity index (χ1n) is 10.2. The SMILES string of the molecule is O=C1c2ccccc2C(=O)c2cc(Sc3ccc(S(=O)(=O)N(CCO)CCO)cc3)ccc21. The number of sulfonamides is 1. The van der Waals surface area contributed by atoms with Gasteiger partial charge in [0.1, 0.15) is 0 Å². The number of carbonyl (C=O) groups is 2. The van der Waals surface area contributed by atoms with Crippen molar-refractivity contribution in [2.24, 2.45) is 0 Å². The first-order chi connectivity index (χ1) is 15.9. The lowest BCUT2D eigenvalue weighted by Gasteiger charge is -2.20. The van der Waals surface area contributed by atoms with Crippen LogP contribution in [0.2, 0.25) is 0 Å². The zero-order valence-electron chi connectivity index (χ0n) is 17.5. The average Bonchev–Trinajstić information content (AvgIpc) is 2.83. The summed E-state index contributed by atoms with van der Waals surface area (Å²) in [6.07, 6.45) is 0. The number of benzene rings is 3. The highest BCUT2D eigenvalue weighted by atomic mass is 32.2. The molecule has 0 unspecified atom stereocenters. The van der Waals surface area contributed by atoms with Gasteiger partial charge in [-0.1, -0.05) is 36.0 Å². The molecular weight excluding hydrogens is 462 g/mol. The number of carbonyl (C=O) groups excluding carboxylic acids is 2. The largest absolute Gasteiger partial charge is 0.395 e. The molecule has 0 aromatic heterocycles. The second-order valence-electron chi connectivity index (χ2n) is 7.34. The minimum Gasteiger partial charge on any atom is -0.395 e. The number of ketones is 2. The molecule has 7 nitrogen and oxygen atoms in total. The van der Waals surface area contributed by atoms with E-state index < -0.39 is 10.0 Å². The number of aliphatic hydroxyl groups excluding tert-OH is 2. The second-order valence-corrected chi connectivity index (χ2v) is 10.4. The van der Waals surface area contributed by atoms with Gasteiger partial charge in [-0.15, -0.1) is 0 Å². The Morgan fingerprint density at radius 3 is 1.79 bits per heavy atom. The first-order valence-corrected chi connectivity index (χ1v) is 12.4. The van der Waals surface area contributed by atoms with Crippen molar-refractivity contribution in [2.45, 2.75) is 14.7 Å². The number of fused-ring (bicyclic) bond motifs is 2. The summed E-state index contributed by atoms with van der Waals surface area (Å²) < 4.78 is 26.5. The fourth-order valence-electron chi connectivity index (χ4n) is 3.68. The van der Waals surface area contributed by atoms with Crippen LogP contribution >= 0.6 is 11.8 Å². The molecule has 0 spiro atoms. The molecule has 1 aliphatic rings. The van der Waals surface area contributed by atoms with E-state index in [2.05, 4.69) is 0 Å². The van der Waals surface area contributed by atoms with Crippen molar-refractivity contribution >= 4 is 33.4 Å². The van der Waals surface area contributed by atoms with Crippen LogP contribution < -0.4 is 0 Å². The molecule has 2 N–H and O–H groups in total. The van der Waals surface area contributed by atoms with Gasteiger partial charge >= 0.3 is 0 Å². The van der Waals surface area contributed by atoms with Gasteiger partial charge in [-0.05, 0) is 42.5 Å². The summed E-state index contributed by atoms with van der Waals surface area (Å²) in [5.74, 6) is -0.376. The van der Waals surface area contributed by atoms with Crippen LogP contribution in [0.4, 0.5) is 0 Å². The molecule has 0 bridgehead atoms. The Bertz CT molecular complexity index is 1310. The maximum absolute atomic E-state index is 12.9. The fraction of sp³-hybridized carbons (Fsp3) is 0.167. The lowest BCUT2D eigenvalue weighted by Crippen LogP contribution is -2.35. The zero-order valence-corrected chi connectivity index (χ0v) is 19.1. The summed E-state index contributed by atoms with van der Waals surface area (Å²) in [6.45, 7) is -0.914. The Balaban J connectivity index is 1.57. The molecule has 4 rings (SSSR count). The highest BCUT2D eigenvalue weighted by Gasteiger charge is 2.29. The lowest BCUT2D eigenvalue weighted by molar-refractivity contribution is 0.0979. The van der Waals surface area contributed by atoms with E-state index in [1.165, 1.54) is 23.9 Å². The standard InChI is InChI=1S/C24H21NO6S2/c26-13-11-25(12-14-27)33(30,31)18-8-5-16(6-9-18)32-17-7-10-21-22(15-17)24(29)20-4-2-1-3-19(20)23(21)28/h1-10,15,26-27H,11-14H2. The third-order valence-corrected chi connectivity index (χ3v) is 8.20. The smallest absolute Gasteiger partial charge is 0.243 e. The molecule has 0 amide bonds. The maximum Gasteiger partial charge on any atom is 0.243 e. The van der Waals surface area contributed by atoms with Crippen molar-refractivity contribution in [3.05, 3.63) is 89.0 Å². The van der Waals surface area contributed by atoms with Gasteiger partial charge in [-0.25, -0.2) is 8.42 Å². The summed E-state index contributed by atoms with van der Waals surface area (Å²) in [4.78, 5) is 27.2. The Labute approximate surface area is 195 Å². The topological polar surface area (TPSA) is 112 Å². The molecule has 0 fully saturated rings. The quantitative estimate of drug-likeness (QED) is 0.396. The second kappa shape index (κ2) is 9.58. The van der Waals surface area contributed by atoms with E-state index in [0.717, 1.165) is 14.1 Å². The molecule has 170 valence electrons. The van der Waals surface area contributed by atoms with Gasteiger partial charge in [0.15, 0.2) is 11.6 Å². The van der Waals surface area contributed by atoms with Crippen molar-refractivity contribution in [3.8, 4) is 0 Å². The van der Waals surface area contributed by atoms with Crippen LogP contribution in [0.1, 0.15) is 31.8 Å². The van der Waals surface area contributed by atoms with Gasteiger partial charge in [0.2, 0.25) is 10.0 Å². The molecule has 9 heteroatoms. The lowest BCUT2D eigenvalue weighted by atomic mass is 9.84. The molecule has 3 aromatic carbocycles. The molecule has 0 saturated carbocycles. The van der Waals surface area contributed by atoms with Crippen molar-refractivity contribution in [3.63, 3.8) is 0 Å².